The lowest BCUT2D eigenvalue weighted by molar-refractivity contribution is -0.150. The van der Waals surface area contributed by atoms with Crippen LogP contribution in [-0.4, -0.2) is 18.2 Å². The maximum Gasteiger partial charge on any atom is 0.339 e. The molecule has 1 aromatic carbocycles. The first-order valence-electron chi connectivity index (χ1n) is 5.03. The number of aliphatic hydroxyl groups is 1. The van der Waals surface area contributed by atoms with Crippen molar-refractivity contribution in [2.24, 2.45) is 0 Å². The fourth-order valence-corrected chi connectivity index (χ4v) is 1.40. The van der Waals surface area contributed by atoms with Crippen molar-refractivity contribution in [3.8, 4) is 0 Å². The summed E-state index contributed by atoms with van der Waals surface area (Å²) in [5.74, 6) is -0.627. The van der Waals surface area contributed by atoms with Crippen LogP contribution in [0.3, 0.4) is 0 Å². The van der Waals surface area contributed by atoms with Gasteiger partial charge < -0.3 is 9.84 Å². The number of hydrogen-bond acceptors (Lipinski definition) is 3. The van der Waals surface area contributed by atoms with Gasteiger partial charge in [0, 0.05) is 0 Å². The second kappa shape index (κ2) is 5.51. The van der Waals surface area contributed by atoms with E-state index < -0.39 is 12.1 Å². The highest BCUT2D eigenvalue weighted by Crippen LogP contribution is 2.15. The molecule has 1 aromatic rings. The Bertz CT molecular complexity index is 316. The minimum atomic E-state index is -1.18. The molecule has 1 N–H and O–H groups in total. The monoisotopic (exact) mass is 208 g/mol. The first-order chi connectivity index (χ1) is 7.19. The molecule has 0 aromatic heterocycles. The quantitative estimate of drug-likeness (QED) is 0.768. The predicted molar refractivity (Wildman–Crippen MR) is 57.4 cm³/mol. The largest absolute Gasteiger partial charge is 0.467 e. The lowest BCUT2D eigenvalue weighted by Gasteiger charge is -2.08. The van der Waals surface area contributed by atoms with Crippen molar-refractivity contribution in [2.75, 3.05) is 7.11 Å². The van der Waals surface area contributed by atoms with E-state index in [-0.39, 0.29) is 0 Å². The van der Waals surface area contributed by atoms with E-state index in [4.69, 9.17) is 0 Å². The fraction of sp³-hybridized carbons (Fsp3) is 0.417. The predicted octanol–water partition coefficient (Wildman–Crippen LogP) is 1.85. The molecule has 3 nitrogen and oxygen atoms in total. The molecule has 1 rings (SSSR count). The molecule has 0 fully saturated rings. The van der Waals surface area contributed by atoms with E-state index in [1.54, 1.807) is 12.1 Å². The Kier molecular flexibility index (Phi) is 4.31. The first-order valence-corrected chi connectivity index (χ1v) is 5.03. The third kappa shape index (κ3) is 3.06. The lowest BCUT2D eigenvalue weighted by Crippen LogP contribution is -2.13. The molecule has 0 heterocycles. The third-order valence-corrected chi connectivity index (χ3v) is 2.26. The molecule has 0 bridgehead atoms. The van der Waals surface area contributed by atoms with Crippen LogP contribution in [0.15, 0.2) is 24.3 Å². The van der Waals surface area contributed by atoms with E-state index in [1.807, 2.05) is 12.1 Å². The summed E-state index contributed by atoms with van der Waals surface area (Å²) in [7, 11) is 1.26. The van der Waals surface area contributed by atoms with Gasteiger partial charge in [-0.3, -0.25) is 0 Å². The lowest BCUT2D eigenvalue weighted by atomic mass is 10.0. The highest BCUT2D eigenvalue weighted by atomic mass is 16.5. The van der Waals surface area contributed by atoms with Crippen molar-refractivity contribution >= 4 is 5.97 Å². The van der Waals surface area contributed by atoms with Crippen molar-refractivity contribution in [3.63, 3.8) is 0 Å². The number of methoxy groups -OCH3 is 1. The Labute approximate surface area is 89.7 Å². The number of benzene rings is 1. The van der Waals surface area contributed by atoms with Gasteiger partial charge in [-0.25, -0.2) is 4.79 Å². The summed E-state index contributed by atoms with van der Waals surface area (Å²) in [5, 5.41) is 9.54. The van der Waals surface area contributed by atoms with E-state index in [0.717, 1.165) is 12.8 Å². The molecular weight excluding hydrogens is 192 g/mol. The molecule has 0 saturated heterocycles. The Morgan fingerprint density at radius 3 is 2.47 bits per heavy atom. The van der Waals surface area contributed by atoms with Gasteiger partial charge in [-0.15, -0.1) is 0 Å². The topological polar surface area (TPSA) is 46.5 Å². The van der Waals surface area contributed by atoms with Crippen molar-refractivity contribution in [1.29, 1.82) is 0 Å². The summed E-state index contributed by atoms with van der Waals surface area (Å²) in [6.07, 6.45) is 0.915. The molecule has 3 heteroatoms. The normalized spacial score (nSPS) is 12.2. The second-order valence-corrected chi connectivity index (χ2v) is 3.42. The van der Waals surface area contributed by atoms with Crippen LogP contribution in [0.25, 0.3) is 0 Å². The van der Waals surface area contributed by atoms with Gasteiger partial charge in [0.05, 0.1) is 7.11 Å². The Morgan fingerprint density at radius 2 is 2.00 bits per heavy atom. The summed E-state index contributed by atoms with van der Waals surface area (Å²) in [4.78, 5) is 11.1. The van der Waals surface area contributed by atoms with Crippen LogP contribution in [0.5, 0.6) is 0 Å². The van der Waals surface area contributed by atoms with Gasteiger partial charge >= 0.3 is 5.97 Å². The summed E-state index contributed by atoms with van der Waals surface area (Å²) in [5.41, 5.74) is 1.78. The van der Waals surface area contributed by atoms with E-state index >= 15 is 0 Å². The number of aryl methyl sites for hydroxylation is 1. The second-order valence-electron chi connectivity index (χ2n) is 3.42. The van der Waals surface area contributed by atoms with Gasteiger partial charge in [-0.05, 0) is 17.5 Å². The Morgan fingerprint density at radius 1 is 1.40 bits per heavy atom. The molecule has 1 atom stereocenters. The minimum Gasteiger partial charge on any atom is -0.467 e. The van der Waals surface area contributed by atoms with Gasteiger partial charge in [-0.2, -0.15) is 0 Å². The van der Waals surface area contributed by atoms with Gasteiger partial charge in [0.25, 0.3) is 0 Å². The summed E-state index contributed by atoms with van der Waals surface area (Å²) in [6, 6.07) is 7.36. The Balaban J connectivity index is 2.75. The standard InChI is InChI=1S/C12H16O3/c1-3-4-9-5-7-10(8-6-9)11(13)12(14)15-2/h5-8,11,13H,3-4H2,1-2H3. The van der Waals surface area contributed by atoms with E-state index in [2.05, 4.69) is 11.7 Å². The van der Waals surface area contributed by atoms with E-state index in [1.165, 1.54) is 12.7 Å². The van der Waals surface area contributed by atoms with Gasteiger partial charge in [-0.1, -0.05) is 37.6 Å². The van der Waals surface area contributed by atoms with Gasteiger partial charge in [0.1, 0.15) is 0 Å². The van der Waals surface area contributed by atoms with Crippen LogP contribution in [0, 0.1) is 0 Å². The number of carbonyl (C=O) groups excluding carboxylic acids is 1. The van der Waals surface area contributed by atoms with Crippen LogP contribution in [0.2, 0.25) is 0 Å². The van der Waals surface area contributed by atoms with Crippen LogP contribution in [-0.2, 0) is 16.0 Å². The third-order valence-electron chi connectivity index (χ3n) is 2.26. The zero-order valence-corrected chi connectivity index (χ0v) is 9.06. The number of aliphatic hydroxyl groups excluding tert-OH is 1. The van der Waals surface area contributed by atoms with Gasteiger partial charge in [0.15, 0.2) is 6.10 Å². The molecule has 0 saturated carbocycles. The minimum absolute atomic E-state index is 0.571. The smallest absolute Gasteiger partial charge is 0.339 e. The number of esters is 1. The van der Waals surface area contributed by atoms with Crippen molar-refractivity contribution in [2.45, 2.75) is 25.9 Å². The zero-order valence-electron chi connectivity index (χ0n) is 9.06. The molecule has 0 spiro atoms. The summed E-state index contributed by atoms with van der Waals surface area (Å²) >= 11 is 0. The number of carbonyl (C=O) groups is 1. The average Bonchev–Trinajstić information content (AvgIpc) is 2.28. The maximum absolute atomic E-state index is 11.1. The summed E-state index contributed by atoms with van der Waals surface area (Å²) < 4.78 is 4.46. The molecule has 0 radical (unpaired) electrons. The van der Waals surface area contributed by atoms with Crippen LogP contribution in [0.4, 0.5) is 0 Å². The molecule has 0 aliphatic heterocycles. The highest BCUT2D eigenvalue weighted by molar-refractivity contribution is 5.76. The molecular formula is C12H16O3. The average molecular weight is 208 g/mol. The molecule has 1 unspecified atom stereocenters. The van der Waals surface area contributed by atoms with Crippen molar-refractivity contribution in [3.05, 3.63) is 35.4 Å². The summed E-state index contributed by atoms with van der Waals surface area (Å²) in [6.45, 7) is 2.11. The zero-order chi connectivity index (χ0) is 11.3. The first kappa shape index (κ1) is 11.7. The van der Waals surface area contributed by atoms with Crippen LogP contribution in [0.1, 0.15) is 30.6 Å². The molecule has 0 aliphatic rings. The number of hydrogen-bond donors (Lipinski definition) is 1. The van der Waals surface area contributed by atoms with Crippen LogP contribution >= 0.6 is 0 Å². The molecule has 15 heavy (non-hydrogen) atoms. The highest BCUT2D eigenvalue weighted by Gasteiger charge is 2.17. The Hall–Kier alpha value is -1.35. The fourth-order valence-electron chi connectivity index (χ4n) is 1.40. The van der Waals surface area contributed by atoms with Crippen molar-refractivity contribution in [1.82, 2.24) is 0 Å². The van der Waals surface area contributed by atoms with Gasteiger partial charge in [0.2, 0.25) is 0 Å². The van der Waals surface area contributed by atoms with Crippen molar-refractivity contribution < 1.29 is 14.6 Å². The maximum atomic E-state index is 11.1. The van der Waals surface area contributed by atoms with Crippen LogP contribution < -0.4 is 0 Å². The number of ether oxygens (including phenoxy) is 1. The molecule has 0 amide bonds. The van der Waals surface area contributed by atoms with E-state index in [9.17, 15) is 9.90 Å². The molecule has 82 valence electrons. The SMILES string of the molecule is CCCc1ccc(C(O)C(=O)OC)cc1. The number of rotatable bonds is 4. The molecule has 0 aliphatic carbocycles. The van der Waals surface area contributed by atoms with E-state index in [0.29, 0.717) is 5.56 Å².